The molecule has 0 radical (unpaired) electrons. The zero-order valence-corrected chi connectivity index (χ0v) is 10.9. The molecule has 0 bridgehead atoms. The van der Waals surface area contributed by atoms with Gasteiger partial charge in [-0.05, 0) is 12.0 Å². The Kier molecular flexibility index (Phi) is 4.07. The molecule has 0 spiro atoms. The van der Waals surface area contributed by atoms with Gasteiger partial charge in [0.2, 0.25) is 0 Å². The third-order valence-electron chi connectivity index (χ3n) is 2.88. The molecule has 0 unspecified atom stereocenters. The number of amidine groups is 1. The molecule has 0 saturated carbocycles. The maximum atomic E-state index is 7.27. The molecule has 0 saturated heterocycles. The molecule has 0 amide bonds. The van der Waals surface area contributed by atoms with Gasteiger partial charge in [0.15, 0.2) is 0 Å². The van der Waals surface area contributed by atoms with E-state index < -0.39 is 0 Å². The molecule has 0 aliphatic carbocycles. The fraction of sp³-hybridized carbons (Fsp3) is 0.214. The van der Waals surface area contributed by atoms with E-state index in [1.807, 2.05) is 30.1 Å². The van der Waals surface area contributed by atoms with Gasteiger partial charge in [-0.25, -0.2) is 9.97 Å². The highest BCUT2D eigenvalue weighted by atomic mass is 15.2. The van der Waals surface area contributed by atoms with Crippen molar-refractivity contribution < 1.29 is 0 Å². The van der Waals surface area contributed by atoms with Crippen molar-refractivity contribution in [1.82, 2.24) is 9.97 Å². The average molecular weight is 255 g/mol. The lowest BCUT2D eigenvalue weighted by molar-refractivity contribution is 0.854. The third-order valence-corrected chi connectivity index (χ3v) is 2.88. The van der Waals surface area contributed by atoms with E-state index in [1.165, 1.54) is 11.8 Å². The van der Waals surface area contributed by atoms with Crippen LogP contribution in [0.4, 0.5) is 5.82 Å². The lowest BCUT2D eigenvalue weighted by Gasteiger charge is -2.17. The molecule has 5 heteroatoms. The van der Waals surface area contributed by atoms with Gasteiger partial charge < -0.3 is 10.6 Å². The van der Waals surface area contributed by atoms with E-state index in [2.05, 4.69) is 22.1 Å². The predicted molar refractivity (Wildman–Crippen MR) is 76.5 cm³/mol. The monoisotopic (exact) mass is 255 g/mol. The highest BCUT2D eigenvalue weighted by molar-refractivity contribution is 5.92. The van der Waals surface area contributed by atoms with Crippen LogP contribution in [0.2, 0.25) is 0 Å². The smallest absolute Gasteiger partial charge is 0.146 e. The molecule has 0 atom stereocenters. The van der Waals surface area contributed by atoms with Crippen LogP contribution in [-0.2, 0) is 6.42 Å². The van der Waals surface area contributed by atoms with E-state index >= 15 is 0 Å². The molecule has 3 N–H and O–H groups in total. The van der Waals surface area contributed by atoms with Crippen LogP contribution in [-0.4, -0.2) is 29.4 Å². The van der Waals surface area contributed by atoms with Crippen molar-refractivity contribution in [1.29, 1.82) is 5.41 Å². The normalized spacial score (nSPS) is 10.2. The summed E-state index contributed by atoms with van der Waals surface area (Å²) in [6.07, 6.45) is 4.12. The number of nitrogen functional groups attached to an aromatic ring is 1. The summed E-state index contributed by atoms with van der Waals surface area (Å²) in [6.45, 7) is 0.859. The van der Waals surface area contributed by atoms with Crippen molar-refractivity contribution in [3.05, 3.63) is 54.0 Å². The molecular weight excluding hydrogens is 238 g/mol. The summed E-state index contributed by atoms with van der Waals surface area (Å²) in [5, 5.41) is 7.27. The number of nitrogens with zero attached hydrogens (tertiary/aromatic N) is 3. The fourth-order valence-corrected chi connectivity index (χ4v) is 1.71. The first-order valence-electron chi connectivity index (χ1n) is 6.08. The Morgan fingerprint density at radius 1 is 1.21 bits per heavy atom. The average Bonchev–Trinajstić information content (AvgIpc) is 2.46. The maximum Gasteiger partial charge on any atom is 0.146 e. The number of benzene rings is 1. The van der Waals surface area contributed by atoms with Gasteiger partial charge in [-0.1, -0.05) is 30.3 Å². The lowest BCUT2D eigenvalue weighted by Crippen LogP contribution is -2.22. The van der Waals surface area contributed by atoms with Crippen molar-refractivity contribution in [2.45, 2.75) is 6.42 Å². The molecule has 1 heterocycles. The summed E-state index contributed by atoms with van der Waals surface area (Å²) < 4.78 is 0. The molecule has 0 aliphatic heterocycles. The van der Waals surface area contributed by atoms with Crippen LogP contribution < -0.4 is 10.6 Å². The molecular formula is C14H17N5. The number of likely N-dealkylation sites (N-methyl/N-ethyl adjacent to an activating group) is 1. The van der Waals surface area contributed by atoms with Crippen LogP contribution in [0.15, 0.2) is 42.7 Å². The van der Waals surface area contributed by atoms with Crippen molar-refractivity contribution in [2.75, 3.05) is 18.5 Å². The summed E-state index contributed by atoms with van der Waals surface area (Å²) >= 11 is 0. The third kappa shape index (κ3) is 3.51. The van der Waals surface area contributed by atoms with Gasteiger partial charge in [-0.2, -0.15) is 0 Å². The Bertz CT molecular complexity index is 536. The standard InChI is InChI=1S/C14H17N5/c1-19(8-7-11-5-3-2-4-6-11)13-10-17-12(9-18-13)14(15)16/h2-6,9-10H,7-8H2,1H3,(H3,15,16). The number of hydrogen-bond acceptors (Lipinski definition) is 4. The van der Waals surface area contributed by atoms with Gasteiger partial charge in [0.1, 0.15) is 17.3 Å². The number of nitrogens with two attached hydrogens (primary N) is 1. The van der Waals surface area contributed by atoms with E-state index in [4.69, 9.17) is 11.1 Å². The second-order valence-corrected chi connectivity index (χ2v) is 4.33. The molecule has 0 fully saturated rings. The fourth-order valence-electron chi connectivity index (χ4n) is 1.71. The van der Waals surface area contributed by atoms with Crippen molar-refractivity contribution in [3.63, 3.8) is 0 Å². The van der Waals surface area contributed by atoms with Crippen LogP contribution >= 0.6 is 0 Å². The Hall–Kier alpha value is -2.43. The van der Waals surface area contributed by atoms with Crippen molar-refractivity contribution in [3.8, 4) is 0 Å². The lowest BCUT2D eigenvalue weighted by atomic mass is 10.1. The highest BCUT2D eigenvalue weighted by Crippen LogP contribution is 2.08. The van der Waals surface area contributed by atoms with Gasteiger partial charge in [0, 0.05) is 13.6 Å². The van der Waals surface area contributed by atoms with E-state index in [1.54, 1.807) is 6.20 Å². The maximum absolute atomic E-state index is 7.27. The number of hydrogen-bond donors (Lipinski definition) is 2. The predicted octanol–water partition coefficient (Wildman–Crippen LogP) is 1.44. The second-order valence-electron chi connectivity index (χ2n) is 4.33. The van der Waals surface area contributed by atoms with E-state index in [9.17, 15) is 0 Å². The first-order chi connectivity index (χ1) is 9.16. The molecule has 19 heavy (non-hydrogen) atoms. The van der Waals surface area contributed by atoms with E-state index in [0.29, 0.717) is 5.69 Å². The molecule has 1 aromatic carbocycles. The molecule has 98 valence electrons. The van der Waals surface area contributed by atoms with E-state index in [0.717, 1.165) is 18.8 Å². The van der Waals surface area contributed by atoms with E-state index in [-0.39, 0.29) is 5.84 Å². The zero-order chi connectivity index (χ0) is 13.7. The highest BCUT2D eigenvalue weighted by Gasteiger charge is 2.05. The summed E-state index contributed by atoms with van der Waals surface area (Å²) in [5.41, 5.74) is 7.04. The van der Waals surface area contributed by atoms with Crippen LogP contribution in [0.1, 0.15) is 11.3 Å². The van der Waals surface area contributed by atoms with Gasteiger partial charge in [0.25, 0.3) is 0 Å². The number of nitrogens with one attached hydrogen (secondary N) is 1. The summed E-state index contributed by atoms with van der Waals surface area (Å²) in [4.78, 5) is 10.4. The largest absolute Gasteiger partial charge is 0.382 e. The number of aromatic nitrogens is 2. The summed E-state index contributed by atoms with van der Waals surface area (Å²) in [6, 6.07) is 10.3. The van der Waals surface area contributed by atoms with Gasteiger partial charge in [-0.15, -0.1) is 0 Å². The number of rotatable bonds is 5. The quantitative estimate of drug-likeness (QED) is 0.626. The zero-order valence-electron chi connectivity index (χ0n) is 10.9. The van der Waals surface area contributed by atoms with Gasteiger partial charge >= 0.3 is 0 Å². The van der Waals surface area contributed by atoms with Gasteiger partial charge in [0.05, 0.1) is 12.4 Å². The minimum atomic E-state index is -0.0639. The Morgan fingerprint density at radius 2 is 1.95 bits per heavy atom. The van der Waals surface area contributed by atoms with Crippen molar-refractivity contribution >= 4 is 11.7 Å². The first kappa shape index (κ1) is 13.0. The Morgan fingerprint density at radius 3 is 2.53 bits per heavy atom. The second kappa shape index (κ2) is 5.95. The molecule has 0 aliphatic rings. The van der Waals surface area contributed by atoms with Crippen LogP contribution in [0.3, 0.4) is 0 Å². The van der Waals surface area contributed by atoms with Crippen LogP contribution in [0, 0.1) is 5.41 Å². The van der Waals surface area contributed by atoms with Gasteiger partial charge in [-0.3, -0.25) is 5.41 Å². The minimum Gasteiger partial charge on any atom is -0.382 e. The van der Waals surface area contributed by atoms with Crippen LogP contribution in [0.25, 0.3) is 0 Å². The Balaban J connectivity index is 1.96. The number of anilines is 1. The topological polar surface area (TPSA) is 78.9 Å². The van der Waals surface area contributed by atoms with Crippen LogP contribution in [0.5, 0.6) is 0 Å². The Labute approximate surface area is 112 Å². The molecule has 2 rings (SSSR count). The molecule has 2 aromatic rings. The minimum absolute atomic E-state index is 0.0639. The van der Waals surface area contributed by atoms with Crippen molar-refractivity contribution in [2.24, 2.45) is 5.73 Å². The molecule has 1 aromatic heterocycles. The summed E-state index contributed by atoms with van der Waals surface area (Å²) in [5.74, 6) is 0.715. The molecule has 5 nitrogen and oxygen atoms in total. The first-order valence-corrected chi connectivity index (χ1v) is 6.08. The SMILES string of the molecule is CN(CCc1ccccc1)c1cnc(C(=N)N)cn1. The summed E-state index contributed by atoms with van der Waals surface area (Å²) in [7, 11) is 1.97.